The molecule has 2 aliphatic heterocycles. The fraction of sp³-hybridized carbons (Fsp3) is 0.241. The van der Waals surface area contributed by atoms with Crippen LogP contribution < -0.4 is 4.90 Å². The molecule has 1 aromatic carbocycles. The van der Waals surface area contributed by atoms with Gasteiger partial charge in [0.05, 0.1) is 17.0 Å². The molecule has 0 aliphatic carbocycles. The van der Waals surface area contributed by atoms with Crippen LogP contribution in [-0.4, -0.2) is 24.1 Å². The Balaban J connectivity index is 2.16. The van der Waals surface area contributed by atoms with E-state index in [0.717, 1.165) is 33.3 Å². The molecule has 0 spiro atoms. The van der Waals surface area contributed by atoms with Crippen LogP contribution in [0.15, 0.2) is 75.1 Å². The van der Waals surface area contributed by atoms with Crippen LogP contribution in [0, 0.1) is 34.0 Å². The van der Waals surface area contributed by atoms with Crippen LogP contribution in [0.4, 0.5) is 14.4 Å². The monoisotopic (exact) mass is 506 g/mol. The first kappa shape index (κ1) is 26.4. The molecule has 0 fully saturated rings. The summed E-state index contributed by atoms with van der Waals surface area (Å²) in [4.78, 5) is 6.33. The molecule has 0 atom stereocenters. The van der Waals surface area contributed by atoms with Crippen molar-refractivity contribution < 1.29 is 8.63 Å². The van der Waals surface area contributed by atoms with Gasteiger partial charge in [0, 0.05) is 29.1 Å². The predicted molar refractivity (Wildman–Crippen MR) is 146 cm³/mol. The Hall–Kier alpha value is -4.68. The summed E-state index contributed by atoms with van der Waals surface area (Å²) in [6, 6.07) is 16.6. The van der Waals surface area contributed by atoms with Crippen molar-refractivity contribution >= 4 is 30.6 Å². The highest BCUT2D eigenvalue weighted by Crippen LogP contribution is 2.44. The van der Waals surface area contributed by atoms with Gasteiger partial charge in [0.15, 0.2) is 5.57 Å². The van der Waals surface area contributed by atoms with Gasteiger partial charge >= 0.3 is 7.40 Å². The van der Waals surface area contributed by atoms with Crippen molar-refractivity contribution in [1.82, 2.24) is 4.48 Å². The number of hydrogen-bond acceptors (Lipinski definition) is 5. The lowest BCUT2D eigenvalue weighted by Crippen LogP contribution is -2.33. The lowest BCUT2D eigenvalue weighted by Gasteiger charge is -2.32. The quantitative estimate of drug-likeness (QED) is 0.324. The number of anilines is 1. The molecular weight excluding hydrogens is 481 g/mol. The Bertz CT molecular complexity index is 1570. The lowest BCUT2D eigenvalue weighted by molar-refractivity contribution is 0.625. The minimum absolute atomic E-state index is 0.0476. The van der Waals surface area contributed by atoms with Crippen LogP contribution >= 0.6 is 0 Å². The maximum Gasteiger partial charge on any atom is 0.679 e. The zero-order valence-electron chi connectivity index (χ0n) is 21.7. The van der Waals surface area contributed by atoms with Gasteiger partial charge in [0.1, 0.15) is 24.0 Å². The van der Waals surface area contributed by atoms with Gasteiger partial charge in [-0.3, -0.25) is 13.6 Å². The van der Waals surface area contributed by atoms with Crippen molar-refractivity contribution in [3.63, 3.8) is 0 Å². The van der Waals surface area contributed by atoms with Crippen molar-refractivity contribution in [1.29, 1.82) is 15.8 Å². The van der Waals surface area contributed by atoms with E-state index in [0.29, 0.717) is 23.3 Å². The standard InChI is InChI=1S/C29H25BF2N6/c1-5-12-37-28(23(16-34)17-35)22(15-33)13-21-14-25(38(29(21)37)30(31)32)26(20-10-8-7-9-11-20)27-18(3)24(6-2)19(4)36-27/h7-11,13-14H,5-6,12H2,1-4H3/b27-26-. The molecule has 2 aliphatic rings. The molecule has 38 heavy (non-hydrogen) atoms. The molecule has 4 rings (SSSR count). The molecule has 0 radical (unpaired) electrons. The molecule has 9 heteroatoms. The van der Waals surface area contributed by atoms with Crippen molar-refractivity contribution in [2.75, 3.05) is 11.4 Å². The Morgan fingerprint density at radius 1 is 1.05 bits per heavy atom. The summed E-state index contributed by atoms with van der Waals surface area (Å²) in [5, 5.41) is 29.1. The second kappa shape index (κ2) is 10.7. The van der Waals surface area contributed by atoms with Crippen LogP contribution in [0.1, 0.15) is 57.4 Å². The number of allylic oxidation sites excluding steroid dienone is 4. The molecule has 0 N–H and O–H groups in total. The van der Waals surface area contributed by atoms with Gasteiger partial charge in [-0.2, -0.15) is 15.8 Å². The average molecular weight is 506 g/mol. The number of aliphatic imine (C=N–C) groups is 1. The van der Waals surface area contributed by atoms with Gasteiger partial charge in [-0.1, -0.05) is 44.2 Å². The van der Waals surface area contributed by atoms with Gasteiger partial charge in [-0.25, -0.2) is 0 Å². The van der Waals surface area contributed by atoms with E-state index in [1.807, 2.05) is 70.2 Å². The summed E-state index contributed by atoms with van der Waals surface area (Å²) >= 11 is 0. The fourth-order valence-electron chi connectivity index (χ4n) is 5.23. The summed E-state index contributed by atoms with van der Waals surface area (Å²) in [6.45, 7) is 8.01. The number of halogens is 2. The van der Waals surface area contributed by atoms with Crippen molar-refractivity contribution in [3.05, 3.63) is 86.9 Å². The van der Waals surface area contributed by atoms with E-state index in [1.165, 1.54) is 11.0 Å². The third-order valence-electron chi connectivity index (χ3n) is 6.78. The first-order valence-corrected chi connectivity index (χ1v) is 12.4. The molecule has 188 valence electrons. The van der Waals surface area contributed by atoms with Crippen LogP contribution in [0.2, 0.25) is 0 Å². The van der Waals surface area contributed by atoms with E-state index in [1.54, 1.807) is 6.07 Å². The van der Waals surface area contributed by atoms with Gasteiger partial charge in [0.25, 0.3) is 0 Å². The number of hydrogen-bond donors (Lipinski definition) is 0. The van der Waals surface area contributed by atoms with Crippen LogP contribution in [0.5, 0.6) is 0 Å². The zero-order valence-corrected chi connectivity index (χ0v) is 21.7. The molecule has 2 aromatic rings. The summed E-state index contributed by atoms with van der Waals surface area (Å²) < 4.78 is 31.0. The molecule has 0 amide bonds. The van der Waals surface area contributed by atoms with E-state index in [-0.39, 0.29) is 34.9 Å². The van der Waals surface area contributed by atoms with Crippen LogP contribution in [-0.2, 0) is 0 Å². The predicted octanol–water partition coefficient (Wildman–Crippen LogP) is 6.66. The van der Waals surface area contributed by atoms with Crippen LogP contribution in [0.3, 0.4) is 0 Å². The largest absolute Gasteiger partial charge is 0.679 e. The Morgan fingerprint density at radius 3 is 2.26 bits per heavy atom. The number of rotatable bonds is 6. The topological polar surface area (TPSA) is 91.9 Å². The first-order valence-electron chi connectivity index (χ1n) is 12.4. The number of nitrogens with zero attached hydrogens (tertiary/aromatic N) is 6. The number of aromatic nitrogens is 1. The molecule has 0 saturated carbocycles. The first-order chi connectivity index (χ1) is 18.3. The van der Waals surface area contributed by atoms with E-state index >= 15 is 8.63 Å². The minimum Gasteiger partial charge on any atom is -0.325 e. The van der Waals surface area contributed by atoms with Crippen molar-refractivity contribution in [3.8, 4) is 18.2 Å². The second-order valence-electron chi connectivity index (χ2n) is 8.97. The van der Waals surface area contributed by atoms with E-state index in [2.05, 4.69) is 6.07 Å². The van der Waals surface area contributed by atoms with Crippen molar-refractivity contribution in [2.45, 2.75) is 40.5 Å². The minimum atomic E-state index is -2.94. The third-order valence-corrected chi connectivity index (χ3v) is 6.78. The average Bonchev–Trinajstić information content (AvgIpc) is 3.43. The Labute approximate surface area is 221 Å². The maximum atomic E-state index is 15.0. The molecule has 1 aromatic heterocycles. The van der Waals surface area contributed by atoms with E-state index in [9.17, 15) is 15.8 Å². The summed E-state index contributed by atoms with van der Waals surface area (Å²) in [5.74, 6) is 0.138. The van der Waals surface area contributed by atoms with Crippen molar-refractivity contribution in [2.24, 2.45) is 4.99 Å². The molecule has 0 unspecified atom stereocenters. The van der Waals surface area contributed by atoms with E-state index < -0.39 is 7.40 Å². The fourth-order valence-corrected chi connectivity index (χ4v) is 5.23. The second-order valence-corrected chi connectivity index (χ2v) is 8.97. The summed E-state index contributed by atoms with van der Waals surface area (Å²) in [7, 11) is -2.94. The molecular formula is C29H25BF2N6. The Kier molecular flexibility index (Phi) is 7.46. The number of benzene rings is 1. The van der Waals surface area contributed by atoms with E-state index in [4.69, 9.17) is 4.99 Å². The number of nitriles is 3. The molecule has 0 saturated heterocycles. The SMILES string of the molecule is CCCN1C(=C(C#N)C#N)C(C#N)=Cc2cc(/C(=C3\N=C(C)C(CC)=C3C)c3ccccc3)n(B(F)F)c21. The third kappa shape index (κ3) is 4.25. The van der Waals surface area contributed by atoms with Gasteiger partial charge in [0.2, 0.25) is 0 Å². The summed E-state index contributed by atoms with van der Waals surface area (Å²) in [6.07, 6.45) is 2.77. The molecule has 6 nitrogen and oxygen atoms in total. The van der Waals surface area contributed by atoms with Gasteiger partial charge in [-0.15, -0.1) is 0 Å². The normalized spacial score (nSPS) is 15.8. The van der Waals surface area contributed by atoms with Crippen LogP contribution in [0.25, 0.3) is 11.6 Å². The molecule has 3 heterocycles. The Morgan fingerprint density at radius 2 is 1.74 bits per heavy atom. The zero-order chi connectivity index (χ0) is 27.6. The highest BCUT2D eigenvalue weighted by Gasteiger charge is 2.37. The highest BCUT2D eigenvalue weighted by atomic mass is 19.2. The molecule has 0 bridgehead atoms. The summed E-state index contributed by atoms with van der Waals surface area (Å²) in [5.41, 5.74) is 5.24. The number of fused-ring (bicyclic) bond motifs is 1. The lowest BCUT2D eigenvalue weighted by atomic mass is 9.94. The van der Waals surface area contributed by atoms with Gasteiger partial charge in [-0.05, 0) is 55.5 Å². The highest BCUT2D eigenvalue weighted by molar-refractivity contribution is 6.42. The van der Waals surface area contributed by atoms with Gasteiger partial charge < -0.3 is 9.38 Å². The smallest absolute Gasteiger partial charge is 0.325 e. The maximum absolute atomic E-state index is 15.0.